The van der Waals surface area contributed by atoms with E-state index in [0.29, 0.717) is 5.95 Å². The highest BCUT2D eigenvalue weighted by Gasteiger charge is 2.19. The van der Waals surface area contributed by atoms with Gasteiger partial charge in [-0.1, -0.05) is 146 Å². The number of para-hydroxylation sites is 2. The molecule has 0 saturated heterocycles. The Morgan fingerprint density at radius 1 is 0.328 bits per heavy atom. The molecule has 3 aromatic heterocycles. The summed E-state index contributed by atoms with van der Waals surface area (Å²) in [4.78, 5) is 9.98. The maximum Gasteiger partial charge on any atom is 0.235 e. The number of aromatic nitrogens is 4. The van der Waals surface area contributed by atoms with Gasteiger partial charge in [0.15, 0.2) is 0 Å². The first-order valence-electron chi connectivity index (χ1n) is 19.7. The fraction of sp³-hybridized carbons (Fsp3) is 0. The Kier molecular flexibility index (Phi) is 7.20. The van der Waals surface area contributed by atoms with E-state index in [1.54, 1.807) is 0 Å². The van der Waals surface area contributed by atoms with Gasteiger partial charge >= 0.3 is 0 Å². The highest BCUT2D eigenvalue weighted by Crippen LogP contribution is 2.41. The summed E-state index contributed by atoms with van der Waals surface area (Å²) in [5, 5.41) is 8.27. The van der Waals surface area contributed by atoms with Crippen LogP contribution in [-0.4, -0.2) is 19.1 Å². The minimum atomic E-state index is 0.667. The molecule has 0 atom stereocenters. The fourth-order valence-corrected chi connectivity index (χ4v) is 9.02. The second-order valence-corrected chi connectivity index (χ2v) is 15.1. The third-order valence-electron chi connectivity index (χ3n) is 11.7. The number of nitrogens with zero attached hydrogens (tertiary/aromatic N) is 4. The van der Waals surface area contributed by atoms with Crippen LogP contribution in [0.4, 0.5) is 0 Å². The minimum absolute atomic E-state index is 0.667. The molecule has 0 spiro atoms. The van der Waals surface area contributed by atoms with E-state index >= 15 is 0 Å². The monoisotopic (exact) mass is 738 g/mol. The first-order chi connectivity index (χ1) is 28.7. The molecule has 12 rings (SSSR count). The Morgan fingerprint density at radius 3 is 1.72 bits per heavy atom. The largest absolute Gasteiger partial charge is 0.309 e. The summed E-state index contributed by atoms with van der Waals surface area (Å²) in [7, 11) is 0. The summed E-state index contributed by atoms with van der Waals surface area (Å²) in [5.41, 5.74) is 13.6. The molecular formula is C54H34N4. The van der Waals surface area contributed by atoms with Gasteiger partial charge in [-0.25, -0.2) is 9.97 Å². The molecule has 0 radical (unpaired) electrons. The SMILES string of the molecule is c1ccc(-c2cc(-c3ccccc3)cc(-n3c4ccccc4c4ccc(-c5ccc6c(c5)c5c7ccccc7ccc5n6-c5ncc6ccccc6n5)cc43)c2)cc1. The molecular weight excluding hydrogens is 705 g/mol. The Hall–Kier alpha value is -7.82. The van der Waals surface area contributed by atoms with Gasteiger partial charge in [0.2, 0.25) is 5.95 Å². The second kappa shape index (κ2) is 12.9. The highest BCUT2D eigenvalue weighted by atomic mass is 15.2. The third-order valence-corrected chi connectivity index (χ3v) is 11.7. The zero-order chi connectivity index (χ0) is 38.2. The zero-order valence-electron chi connectivity index (χ0n) is 31.4. The predicted molar refractivity (Wildman–Crippen MR) is 242 cm³/mol. The lowest BCUT2D eigenvalue weighted by Gasteiger charge is -2.14. The number of hydrogen-bond acceptors (Lipinski definition) is 2. The van der Waals surface area contributed by atoms with Gasteiger partial charge in [-0.2, -0.15) is 0 Å². The van der Waals surface area contributed by atoms with Crippen LogP contribution in [-0.2, 0) is 0 Å². The smallest absolute Gasteiger partial charge is 0.235 e. The van der Waals surface area contributed by atoms with Crippen LogP contribution in [0.1, 0.15) is 0 Å². The lowest BCUT2D eigenvalue weighted by Crippen LogP contribution is -2.00. The molecule has 58 heavy (non-hydrogen) atoms. The van der Waals surface area contributed by atoms with Crippen molar-refractivity contribution >= 4 is 65.3 Å². The molecule has 0 aliphatic carbocycles. The lowest BCUT2D eigenvalue weighted by molar-refractivity contribution is 1.01. The lowest BCUT2D eigenvalue weighted by atomic mass is 9.97. The van der Waals surface area contributed by atoms with Gasteiger partial charge in [0, 0.05) is 38.8 Å². The number of hydrogen-bond donors (Lipinski definition) is 0. The van der Waals surface area contributed by atoms with Crippen molar-refractivity contribution < 1.29 is 0 Å². The summed E-state index contributed by atoms with van der Waals surface area (Å²) < 4.78 is 4.67. The first kappa shape index (κ1) is 32.4. The summed E-state index contributed by atoms with van der Waals surface area (Å²) in [6, 6.07) is 72.2. The molecule has 0 aliphatic rings. The minimum Gasteiger partial charge on any atom is -0.309 e. The molecule has 0 saturated carbocycles. The topological polar surface area (TPSA) is 35.6 Å². The Labute approximate surface area is 334 Å². The molecule has 3 heterocycles. The molecule has 0 unspecified atom stereocenters. The van der Waals surface area contributed by atoms with Crippen molar-refractivity contribution in [1.29, 1.82) is 0 Å². The average Bonchev–Trinajstić information content (AvgIpc) is 3.82. The van der Waals surface area contributed by atoms with Gasteiger partial charge in [0.25, 0.3) is 0 Å². The Bertz CT molecular complexity index is 3500. The predicted octanol–water partition coefficient (Wildman–Crippen LogP) is 14.0. The van der Waals surface area contributed by atoms with Crippen molar-refractivity contribution in [3.05, 3.63) is 206 Å². The molecule has 270 valence electrons. The summed E-state index contributed by atoms with van der Waals surface area (Å²) in [6.45, 7) is 0. The van der Waals surface area contributed by atoms with Gasteiger partial charge in [0.1, 0.15) is 0 Å². The highest BCUT2D eigenvalue weighted by molar-refractivity contribution is 6.22. The second-order valence-electron chi connectivity index (χ2n) is 15.1. The molecule has 0 N–H and O–H groups in total. The Balaban J connectivity index is 1.10. The number of benzene rings is 9. The summed E-state index contributed by atoms with van der Waals surface area (Å²) in [6.07, 6.45) is 1.93. The standard InChI is InChI=1S/C54H34N4/c1-3-13-35(14-4-1)41-29-42(36-15-5-2-6-16-36)31-43(30-41)57-49-22-12-10-20-45(49)46-26-23-39(33-52(46)57)38-25-27-50-47(32-38)53-44-19-9-7-17-37(44)24-28-51(53)58(50)54-55-34-40-18-8-11-21-48(40)56-54/h1-34H. The Morgan fingerprint density at radius 2 is 0.931 bits per heavy atom. The molecule has 4 heteroatoms. The molecule has 0 aliphatic heterocycles. The van der Waals surface area contributed by atoms with Crippen LogP contribution in [0.2, 0.25) is 0 Å². The molecule has 0 fully saturated rings. The van der Waals surface area contributed by atoms with E-state index < -0.39 is 0 Å². The normalized spacial score (nSPS) is 11.8. The van der Waals surface area contributed by atoms with E-state index in [0.717, 1.165) is 38.8 Å². The molecule has 0 amide bonds. The van der Waals surface area contributed by atoms with Gasteiger partial charge in [-0.05, 0) is 98.8 Å². The number of rotatable bonds is 5. The van der Waals surface area contributed by atoms with E-state index in [9.17, 15) is 0 Å². The van der Waals surface area contributed by atoms with Crippen LogP contribution in [0.5, 0.6) is 0 Å². The van der Waals surface area contributed by atoms with E-state index in [1.807, 2.05) is 18.3 Å². The molecule has 4 nitrogen and oxygen atoms in total. The van der Waals surface area contributed by atoms with Crippen LogP contribution in [0, 0.1) is 0 Å². The van der Waals surface area contributed by atoms with E-state index in [2.05, 4.69) is 197 Å². The van der Waals surface area contributed by atoms with Crippen molar-refractivity contribution in [2.24, 2.45) is 0 Å². The quantitative estimate of drug-likeness (QED) is 0.176. The molecule has 0 bridgehead atoms. The molecule has 9 aromatic carbocycles. The fourth-order valence-electron chi connectivity index (χ4n) is 9.02. The van der Waals surface area contributed by atoms with Crippen LogP contribution in [0.25, 0.3) is 110 Å². The third kappa shape index (κ3) is 5.09. The van der Waals surface area contributed by atoms with Crippen molar-refractivity contribution in [1.82, 2.24) is 19.1 Å². The average molecular weight is 739 g/mol. The van der Waals surface area contributed by atoms with Gasteiger partial charge in [-0.3, -0.25) is 4.57 Å². The van der Waals surface area contributed by atoms with Crippen molar-refractivity contribution in [3.8, 4) is 45.0 Å². The first-order valence-corrected chi connectivity index (χ1v) is 19.7. The van der Waals surface area contributed by atoms with Crippen LogP contribution < -0.4 is 0 Å². The van der Waals surface area contributed by atoms with Crippen molar-refractivity contribution in [2.75, 3.05) is 0 Å². The van der Waals surface area contributed by atoms with Gasteiger partial charge in [-0.15, -0.1) is 0 Å². The maximum atomic E-state index is 5.07. The van der Waals surface area contributed by atoms with Crippen LogP contribution in [0.15, 0.2) is 206 Å². The van der Waals surface area contributed by atoms with Crippen LogP contribution >= 0.6 is 0 Å². The van der Waals surface area contributed by atoms with Crippen LogP contribution in [0.3, 0.4) is 0 Å². The van der Waals surface area contributed by atoms with Crippen molar-refractivity contribution in [3.63, 3.8) is 0 Å². The van der Waals surface area contributed by atoms with E-state index in [-0.39, 0.29) is 0 Å². The van der Waals surface area contributed by atoms with Crippen molar-refractivity contribution in [2.45, 2.75) is 0 Å². The molecule has 12 aromatic rings. The van der Waals surface area contributed by atoms with E-state index in [1.165, 1.54) is 65.6 Å². The summed E-state index contributed by atoms with van der Waals surface area (Å²) >= 11 is 0. The van der Waals surface area contributed by atoms with Gasteiger partial charge < -0.3 is 4.57 Å². The maximum absolute atomic E-state index is 5.07. The van der Waals surface area contributed by atoms with Gasteiger partial charge in [0.05, 0.1) is 27.6 Å². The number of fused-ring (bicyclic) bond motifs is 9. The summed E-state index contributed by atoms with van der Waals surface area (Å²) in [5.74, 6) is 0.667. The van der Waals surface area contributed by atoms with E-state index in [4.69, 9.17) is 9.97 Å². The zero-order valence-corrected chi connectivity index (χ0v) is 31.4.